The van der Waals surface area contributed by atoms with E-state index in [0.29, 0.717) is 5.82 Å². The molecule has 0 radical (unpaired) electrons. The molecular formula is C10H16N4O. The molecule has 1 aliphatic carbocycles. The van der Waals surface area contributed by atoms with Gasteiger partial charge in [-0.05, 0) is 12.8 Å². The van der Waals surface area contributed by atoms with E-state index in [0.717, 1.165) is 12.8 Å². The van der Waals surface area contributed by atoms with Crippen LogP contribution in [0, 0.1) is 0 Å². The first-order valence-electron chi connectivity index (χ1n) is 5.32. The summed E-state index contributed by atoms with van der Waals surface area (Å²) in [6, 6.07) is 1.87. The van der Waals surface area contributed by atoms with Crippen LogP contribution in [0.5, 0.6) is 0 Å². The molecule has 0 unspecified atom stereocenters. The van der Waals surface area contributed by atoms with Crippen LogP contribution >= 0.6 is 0 Å². The summed E-state index contributed by atoms with van der Waals surface area (Å²) in [6.07, 6.45) is 5.88. The summed E-state index contributed by atoms with van der Waals surface area (Å²) in [5, 5.41) is 3.22. The van der Waals surface area contributed by atoms with Crippen molar-refractivity contribution in [2.75, 3.05) is 5.32 Å². The SMILES string of the molecule is N[C@@H]1CCCC[C@H]1Nc1cc(=O)[nH]cn1. The minimum Gasteiger partial charge on any atom is -0.366 e. The van der Waals surface area contributed by atoms with Gasteiger partial charge in [0, 0.05) is 18.2 Å². The van der Waals surface area contributed by atoms with Gasteiger partial charge < -0.3 is 16.0 Å². The van der Waals surface area contributed by atoms with Crippen molar-refractivity contribution < 1.29 is 0 Å². The highest BCUT2D eigenvalue weighted by molar-refractivity contribution is 5.33. The Kier molecular flexibility index (Phi) is 3.01. The molecular weight excluding hydrogens is 192 g/mol. The summed E-state index contributed by atoms with van der Waals surface area (Å²) in [5.41, 5.74) is 5.85. The van der Waals surface area contributed by atoms with Crippen LogP contribution in [-0.4, -0.2) is 22.1 Å². The maximum Gasteiger partial charge on any atom is 0.252 e. The van der Waals surface area contributed by atoms with Crippen molar-refractivity contribution in [3.05, 3.63) is 22.7 Å². The van der Waals surface area contributed by atoms with Crippen molar-refractivity contribution in [1.82, 2.24) is 9.97 Å². The van der Waals surface area contributed by atoms with E-state index in [1.807, 2.05) is 0 Å². The van der Waals surface area contributed by atoms with E-state index in [9.17, 15) is 4.79 Å². The molecule has 0 aromatic carbocycles. The Morgan fingerprint density at radius 2 is 2.27 bits per heavy atom. The third-order valence-corrected chi connectivity index (χ3v) is 2.83. The number of nitrogens with two attached hydrogens (primary N) is 1. The molecule has 1 aromatic heterocycles. The van der Waals surface area contributed by atoms with Crippen LogP contribution in [0.1, 0.15) is 25.7 Å². The van der Waals surface area contributed by atoms with Crippen molar-refractivity contribution in [3.63, 3.8) is 0 Å². The number of hydrogen-bond donors (Lipinski definition) is 3. The maximum absolute atomic E-state index is 11.0. The Labute approximate surface area is 88.1 Å². The van der Waals surface area contributed by atoms with Gasteiger partial charge in [-0.3, -0.25) is 4.79 Å². The second-order valence-corrected chi connectivity index (χ2v) is 4.00. The predicted molar refractivity (Wildman–Crippen MR) is 58.7 cm³/mol. The molecule has 5 nitrogen and oxygen atoms in total. The predicted octanol–water partition coefficient (Wildman–Crippen LogP) is 0.452. The van der Waals surface area contributed by atoms with Gasteiger partial charge in [0.2, 0.25) is 0 Å². The van der Waals surface area contributed by atoms with E-state index in [1.54, 1.807) is 0 Å². The third kappa shape index (κ3) is 2.56. The van der Waals surface area contributed by atoms with E-state index in [2.05, 4.69) is 15.3 Å². The molecule has 0 amide bonds. The van der Waals surface area contributed by atoms with Crippen LogP contribution in [-0.2, 0) is 0 Å². The minimum absolute atomic E-state index is 0.142. The highest BCUT2D eigenvalue weighted by Gasteiger charge is 2.21. The van der Waals surface area contributed by atoms with Crippen LogP contribution < -0.4 is 16.6 Å². The molecule has 2 rings (SSSR count). The zero-order chi connectivity index (χ0) is 10.7. The van der Waals surface area contributed by atoms with Gasteiger partial charge in [0.15, 0.2) is 0 Å². The van der Waals surface area contributed by atoms with E-state index in [4.69, 9.17) is 5.73 Å². The molecule has 0 bridgehead atoms. The number of rotatable bonds is 2. The second-order valence-electron chi connectivity index (χ2n) is 4.00. The molecule has 1 saturated carbocycles. The van der Waals surface area contributed by atoms with Crippen molar-refractivity contribution in [1.29, 1.82) is 0 Å². The van der Waals surface area contributed by atoms with Crippen LogP contribution in [0.15, 0.2) is 17.2 Å². The van der Waals surface area contributed by atoms with Crippen molar-refractivity contribution >= 4 is 5.82 Å². The number of H-pyrrole nitrogens is 1. The number of anilines is 1. The molecule has 1 heterocycles. The van der Waals surface area contributed by atoms with Crippen LogP contribution in [0.4, 0.5) is 5.82 Å². The topological polar surface area (TPSA) is 83.8 Å². The zero-order valence-electron chi connectivity index (χ0n) is 8.57. The lowest BCUT2D eigenvalue weighted by Crippen LogP contribution is -2.42. The molecule has 1 fully saturated rings. The van der Waals surface area contributed by atoms with Gasteiger partial charge >= 0.3 is 0 Å². The summed E-state index contributed by atoms with van der Waals surface area (Å²) < 4.78 is 0. The molecule has 0 spiro atoms. The number of nitrogens with zero attached hydrogens (tertiary/aromatic N) is 1. The highest BCUT2D eigenvalue weighted by Crippen LogP contribution is 2.19. The molecule has 1 aromatic rings. The van der Waals surface area contributed by atoms with E-state index in [-0.39, 0.29) is 17.6 Å². The summed E-state index contributed by atoms with van der Waals surface area (Å²) in [5.74, 6) is 0.612. The van der Waals surface area contributed by atoms with E-state index in [1.165, 1.54) is 25.2 Å². The third-order valence-electron chi connectivity index (χ3n) is 2.83. The van der Waals surface area contributed by atoms with Crippen molar-refractivity contribution in [3.8, 4) is 0 Å². The Bertz CT molecular complexity index is 376. The van der Waals surface area contributed by atoms with Crippen LogP contribution in [0.2, 0.25) is 0 Å². The number of hydrogen-bond acceptors (Lipinski definition) is 4. The lowest BCUT2D eigenvalue weighted by atomic mass is 9.91. The lowest BCUT2D eigenvalue weighted by molar-refractivity contribution is 0.403. The van der Waals surface area contributed by atoms with Gasteiger partial charge in [-0.25, -0.2) is 4.98 Å². The lowest BCUT2D eigenvalue weighted by Gasteiger charge is -2.29. The quantitative estimate of drug-likeness (QED) is 0.659. The van der Waals surface area contributed by atoms with Gasteiger partial charge in [-0.15, -0.1) is 0 Å². The van der Waals surface area contributed by atoms with Gasteiger partial charge in [-0.1, -0.05) is 12.8 Å². The van der Waals surface area contributed by atoms with Crippen LogP contribution in [0.25, 0.3) is 0 Å². The summed E-state index contributed by atoms with van der Waals surface area (Å²) in [6.45, 7) is 0. The number of nitrogens with one attached hydrogen (secondary N) is 2. The number of aromatic amines is 1. The molecule has 15 heavy (non-hydrogen) atoms. The molecule has 1 aliphatic rings. The summed E-state index contributed by atoms with van der Waals surface area (Å²) in [7, 11) is 0. The van der Waals surface area contributed by atoms with Gasteiger partial charge in [0.1, 0.15) is 5.82 Å². The fraction of sp³-hybridized carbons (Fsp3) is 0.600. The number of aromatic nitrogens is 2. The van der Waals surface area contributed by atoms with Crippen molar-refractivity contribution in [2.45, 2.75) is 37.8 Å². The Hall–Kier alpha value is -1.36. The average Bonchev–Trinajstić information content (AvgIpc) is 2.22. The Morgan fingerprint density at radius 3 is 3.00 bits per heavy atom. The molecule has 0 aliphatic heterocycles. The first-order valence-corrected chi connectivity index (χ1v) is 5.32. The molecule has 5 heteroatoms. The van der Waals surface area contributed by atoms with Gasteiger partial charge in [-0.2, -0.15) is 0 Å². The zero-order valence-corrected chi connectivity index (χ0v) is 8.57. The van der Waals surface area contributed by atoms with E-state index >= 15 is 0 Å². The fourth-order valence-electron chi connectivity index (χ4n) is 1.98. The van der Waals surface area contributed by atoms with Crippen LogP contribution in [0.3, 0.4) is 0 Å². The normalized spacial score (nSPS) is 26.2. The first-order chi connectivity index (χ1) is 7.25. The fourth-order valence-corrected chi connectivity index (χ4v) is 1.98. The van der Waals surface area contributed by atoms with Crippen molar-refractivity contribution in [2.24, 2.45) is 5.73 Å². The first kappa shape index (κ1) is 10.2. The standard InChI is InChI=1S/C10H16N4O/c11-7-3-1-2-4-8(7)14-9-5-10(15)13-6-12-9/h5-8H,1-4,11H2,(H2,12,13,14,15)/t7-,8-/m1/s1. The largest absolute Gasteiger partial charge is 0.366 e. The molecule has 4 N–H and O–H groups in total. The Morgan fingerprint density at radius 1 is 1.47 bits per heavy atom. The maximum atomic E-state index is 11.0. The summed E-state index contributed by atoms with van der Waals surface area (Å²) in [4.78, 5) is 17.6. The average molecular weight is 208 g/mol. The van der Waals surface area contributed by atoms with E-state index < -0.39 is 0 Å². The van der Waals surface area contributed by atoms with Gasteiger partial charge in [0.05, 0.1) is 6.33 Å². The molecule has 82 valence electrons. The minimum atomic E-state index is -0.142. The molecule has 0 saturated heterocycles. The second kappa shape index (κ2) is 4.44. The van der Waals surface area contributed by atoms with Gasteiger partial charge in [0.25, 0.3) is 5.56 Å². The summed E-state index contributed by atoms with van der Waals surface area (Å²) >= 11 is 0. The smallest absolute Gasteiger partial charge is 0.252 e. The highest BCUT2D eigenvalue weighted by atomic mass is 16.1. The molecule has 2 atom stereocenters. The monoisotopic (exact) mass is 208 g/mol. The Balaban J connectivity index is 2.04.